The van der Waals surface area contributed by atoms with Crippen LogP contribution < -0.4 is 0 Å². The highest BCUT2D eigenvalue weighted by molar-refractivity contribution is 7.62. The van der Waals surface area contributed by atoms with Gasteiger partial charge in [-0.3, -0.25) is 0 Å². The molecule has 0 bridgehead atoms. The Bertz CT molecular complexity index is 219. The second kappa shape index (κ2) is 13.2. The summed E-state index contributed by atoms with van der Waals surface area (Å²) in [5.74, 6) is 0. The van der Waals surface area contributed by atoms with E-state index in [0.717, 1.165) is 6.16 Å². The Morgan fingerprint density at radius 2 is 0.895 bits per heavy atom. The molecule has 1 nitrogen and oxygen atoms in total. The monoisotopic (exact) mass is 288 g/mol. The maximum atomic E-state index is 11.5. The van der Waals surface area contributed by atoms with Crippen molar-refractivity contribution in [3.05, 3.63) is 0 Å². The molecule has 0 rings (SSSR count). The minimum absolute atomic E-state index is 0.949. The van der Waals surface area contributed by atoms with Crippen LogP contribution in [0, 0.1) is 0 Å². The summed E-state index contributed by atoms with van der Waals surface area (Å²) in [4.78, 5) is 0. The Morgan fingerprint density at radius 3 is 1.21 bits per heavy atom. The first-order valence-corrected chi connectivity index (χ1v) is 11.4. The first kappa shape index (κ1) is 19.2. The van der Waals surface area contributed by atoms with E-state index in [2.05, 4.69) is 6.92 Å². The molecule has 0 aliphatic carbocycles. The van der Waals surface area contributed by atoms with Crippen LogP contribution in [-0.4, -0.2) is 19.5 Å². The topological polar surface area (TPSA) is 17.1 Å². The van der Waals surface area contributed by atoms with Gasteiger partial charge in [-0.15, -0.1) is 0 Å². The summed E-state index contributed by atoms with van der Waals surface area (Å²) in [6.07, 6.45) is 18.9. The molecule has 0 aromatic rings. The first-order chi connectivity index (χ1) is 9.06. The van der Waals surface area contributed by atoms with Gasteiger partial charge < -0.3 is 4.57 Å². The van der Waals surface area contributed by atoms with E-state index in [0.29, 0.717) is 0 Å². The molecule has 0 atom stereocenters. The summed E-state index contributed by atoms with van der Waals surface area (Å²) in [5, 5.41) is 0. The third kappa shape index (κ3) is 18.2. The minimum atomic E-state index is -1.75. The molecule has 0 radical (unpaired) electrons. The lowest BCUT2D eigenvalue weighted by Crippen LogP contribution is -1.87. The smallest absolute Gasteiger partial charge is 0.0819 e. The molecule has 0 fully saturated rings. The number of hydrogen-bond acceptors (Lipinski definition) is 1. The third-order valence-corrected chi connectivity index (χ3v) is 5.19. The first-order valence-electron chi connectivity index (χ1n) is 8.60. The maximum absolute atomic E-state index is 11.5. The summed E-state index contributed by atoms with van der Waals surface area (Å²) in [7, 11) is -1.75. The van der Waals surface area contributed by atoms with E-state index in [4.69, 9.17) is 0 Å². The molecule has 0 aromatic heterocycles. The van der Waals surface area contributed by atoms with Crippen LogP contribution in [0.25, 0.3) is 0 Å². The summed E-state index contributed by atoms with van der Waals surface area (Å²) in [5.41, 5.74) is 0. The second-order valence-electron chi connectivity index (χ2n) is 6.54. The quantitative estimate of drug-likeness (QED) is 0.257. The number of rotatable bonds is 14. The predicted octanol–water partition coefficient (Wildman–Crippen LogP) is 6.70. The van der Waals surface area contributed by atoms with E-state index in [9.17, 15) is 4.57 Å². The summed E-state index contributed by atoms with van der Waals surface area (Å²) in [6, 6.07) is 0. The van der Waals surface area contributed by atoms with Crippen LogP contribution in [0.5, 0.6) is 0 Å². The van der Waals surface area contributed by atoms with Crippen molar-refractivity contribution < 1.29 is 4.57 Å². The molecular weight excluding hydrogens is 251 g/mol. The molecule has 2 heteroatoms. The van der Waals surface area contributed by atoms with E-state index >= 15 is 0 Å². The number of unbranched alkanes of at least 4 members (excludes halogenated alkanes) is 12. The van der Waals surface area contributed by atoms with Gasteiger partial charge in [0, 0.05) is 6.16 Å². The van der Waals surface area contributed by atoms with E-state index in [-0.39, 0.29) is 0 Å². The van der Waals surface area contributed by atoms with Gasteiger partial charge in [0.25, 0.3) is 0 Å². The van der Waals surface area contributed by atoms with Gasteiger partial charge in [-0.1, -0.05) is 84.0 Å². The SMILES string of the molecule is CCCCCCCCCCCCCCCP(C)(C)=O. The molecule has 0 amide bonds. The molecule has 0 saturated carbocycles. The van der Waals surface area contributed by atoms with Crippen molar-refractivity contribution in [3.63, 3.8) is 0 Å². The van der Waals surface area contributed by atoms with Crippen molar-refractivity contribution in [1.82, 2.24) is 0 Å². The second-order valence-corrected chi connectivity index (χ2v) is 10.1. The lowest BCUT2D eigenvalue weighted by atomic mass is 10.1. The van der Waals surface area contributed by atoms with Crippen molar-refractivity contribution in [3.8, 4) is 0 Å². The Kier molecular flexibility index (Phi) is 13.4. The largest absolute Gasteiger partial charge is 0.324 e. The normalized spacial score (nSPS) is 11.9. The molecular formula is C17H37OP. The van der Waals surface area contributed by atoms with Crippen LogP contribution in [0.2, 0.25) is 0 Å². The van der Waals surface area contributed by atoms with Crippen LogP contribution in [0.1, 0.15) is 90.4 Å². The van der Waals surface area contributed by atoms with Gasteiger partial charge in [0.15, 0.2) is 0 Å². The van der Waals surface area contributed by atoms with Crippen molar-refractivity contribution in [2.75, 3.05) is 19.5 Å². The Balaban J connectivity index is 3.01. The molecule has 0 spiro atoms. The molecule has 0 N–H and O–H groups in total. The fourth-order valence-electron chi connectivity index (χ4n) is 2.51. The van der Waals surface area contributed by atoms with Gasteiger partial charge in [-0.2, -0.15) is 0 Å². The Morgan fingerprint density at radius 1 is 0.579 bits per heavy atom. The average Bonchev–Trinajstić information content (AvgIpc) is 2.34. The van der Waals surface area contributed by atoms with Crippen LogP contribution in [0.15, 0.2) is 0 Å². The molecule has 0 aromatic carbocycles. The van der Waals surface area contributed by atoms with Crippen molar-refractivity contribution in [2.45, 2.75) is 90.4 Å². The van der Waals surface area contributed by atoms with Crippen LogP contribution >= 0.6 is 7.14 Å². The Hall–Kier alpha value is 0.230. The Labute approximate surface area is 122 Å². The van der Waals surface area contributed by atoms with Crippen molar-refractivity contribution in [2.24, 2.45) is 0 Å². The average molecular weight is 288 g/mol. The van der Waals surface area contributed by atoms with Gasteiger partial charge in [0.2, 0.25) is 0 Å². The maximum Gasteiger partial charge on any atom is 0.0819 e. The van der Waals surface area contributed by atoms with E-state index < -0.39 is 7.14 Å². The van der Waals surface area contributed by atoms with Crippen LogP contribution in [0.4, 0.5) is 0 Å². The van der Waals surface area contributed by atoms with Gasteiger partial charge in [-0.05, 0) is 19.8 Å². The van der Waals surface area contributed by atoms with Crippen molar-refractivity contribution in [1.29, 1.82) is 0 Å². The molecule has 0 saturated heterocycles. The molecule has 116 valence electrons. The highest BCUT2D eigenvalue weighted by atomic mass is 31.2. The van der Waals surface area contributed by atoms with Crippen LogP contribution in [0.3, 0.4) is 0 Å². The fourth-order valence-corrected chi connectivity index (χ4v) is 3.50. The van der Waals surface area contributed by atoms with Gasteiger partial charge in [-0.25, -0.2) is 0 Å². The van der Waals surface area contributed by atoms with E-state index in [1.165, 1.54) is 83.5 Å². The molecule has 0 unspecified atom stereocenters. The van der Waals surface area contributed by atoms with E-state index in [1.807, 2.05) is 13.3 Å². The standard InChI is InChI=1S/C17H37OP/c1-4-5-6-7-8-9-10-11-12-13-14-15-16-17-19(2,3)18/h4-17H2,1-3H3. The van der Waals surface area contributed by atoms with Crippen LogP contribution in [-0.2, 0) is 4.57 Å². The zero-order valence-electron chi connectivity index (χ0n) is 13.8. The van der Waals surface area contributed by atoms with Gasteiger partial charge >= 0.3 is 0 Å². The summed E-state index contributed by atoms with van der Waals surface area (Å²) >= 11 is 0. The molecule has 0 aliphatic heterocycles. The molecule has 19 heavy (non-hydrogen) atoms. The zero-order valence-corrected chi connectivity index (χ0v) is 14.6. The summed E-state index contributed by atoms with van der Waals surface area (Å²) < 4.78 is 11.5. The van der Waals surface area contributed by atoms with Crippen molar-refractivity contribution >= 4 is 7.14 Å². The molecule has 0 heterocycles. The lowest BCUT2D eigenvalue weighted by Gasteiger charge is -2.06. The third-order valence-electron chi connectivity index (χ3n) is 3.80. The fraction of sp³-hybridized carbons (Fsp3) is 1.00. The summed E-state index contributed by atoms with van der Waals surface area (Å²) in [6.45, 7) is 6.10. The minimum Gasteiger partial charge on any atom is -0.324 e. The van der Waals surface area contributed by atoms with Gasteiger partial charge in [0.05, 0.1) is 7.14 Å². The predicted molar refractivity (Wildman–Crippen MR) is 90.0 cm³/mol. The molecule has 0 aliphatic rings. The lowest BCUT2D eigenvalue weighted by molar-refractivity contribution is 0.541. The highest BCUT2D eigenvalue weighted by Crippen LogP contribution is 2.36. The van der Waals surface area contributed by atoms with E-state index in [1.54, 1.807) is 0 Å². The highest BCUT2D eigenvalue weighted by Gasteiger charge is 2.05. The zero-order chi connectivity index (χ0) is 14.4. The van der Waals surface area contributed by atoms with Gasteiger partial charge in [0.1, 0.15) is 0 Å². The number of hydrogen-bond donors (Lipinski definition) is 0.